The molecule has 88 valence electrons. The second-order valence-electron chi connectivity index (χ2n) is 4.70. The van der Waals surface area contributed by atoms with E-state index in [1.165, 1.54) is 19.3 Å². The molecule has 3 nitrogen and oxygen atoms in total. The molecule has 2 unspecified atom stereocenters. The molecule has 0 aliphatic heterocycles. The third kappa shape index (κ3) is 3.82. The molecular weight excluding hydrogens is 188 g/mol. The van der Waals surface area contributed by atoms with Crippen LogP contribution >= 0.6 is 0 Å². The Hall–Kier alpha value is -0.570. The topological polar surface area (TPSA) is 41.1 Å². The van der Waals surface area contributed by atoms with Gasteiger partial charge in [0.1, 0.15) is 0 Å². The predicted molar refractivity (Wildman–Crippen MR) is 62.7 cm³/mol. The van der Waals surface area contributed by atoms with Crippen molar-refractivity contribution in [2.75, 3.05) is 13.1 Å². The summed E-state index contributed by atoms with van der Waals surface area (Å²) in [6.07, 6.45) is 3.89. The second kappa shape index (κ2) is 6.11. The molecule has 1 aliphatic rings. The molecule has 0 aromatic rings. The molecule has 1 amide bonds. The van der Waals surface area contributed by atoms with Crippen LogP contribution in [0.15, 0.2) is 0 Å². The molecule has 0 spiro atoms. The van der Waals surface area contributed by atoms with Crippen LogP contribution in [0, 0.1) is 11.8 Å². The zero-order valence-electron chi connectivity index (χ0n) is 10.2. The van der Waals surface area contributed by atoms with Gasteiger partial charge in [0.05, 0.1) is 0 Å². The molecule has 2 N–H and O–H groups in total. The highest BCUT2D eigenvalue weighted by Gasteiger charge is 2.26. The van der Waals surface area contributed by atoms with Gasteiger partial charge in [0.25, 0.3) is 0 Å². The number of carbonyl (C=O) groups excluding carboxylic acids is 1. The molecule has 1 rings (SSSR count). The maximum absolute atomic E-state index is 11.8. The molecule has 3 heteroatoms. The molecule has 1 fully saturated rings. The summed E-state index contributed by atoms with van der Waals surface area (Å²) in [6, 6.07) is 0.357. The minimum atomic E-state index is 0.0764. The van der Waals surface area contributed by atoms with Crippen molar-refractivity contribution in [3.05, 3.63) is 0 Å². The lowest BCUT2D eigenvalue weighted by Crippen LogP contribution is -2.44. The Kier molecular flexibility index (Phi) is 5.09. The Balaban J connectivity index is 2.20. The fraction of sp³-hybridized carbons (Fsp3) is 0.917. The van der Waals surface area contributed by atoms with Crippen molar-refractivity contribution in [1.29, 1.82) is 0 Å². The van der Waals surface area contributed by atoms with E-state index in [1.807, 2.05) is 6.92 Å². The number of hydrogen-bond donors (Lipinski definition) is 2. The van der Waals surface area contributed by atoms with Crippen LogP contribution in [0.3, 0.4) is 0 Å². The van der Waals surface area contributed by atoms with E-state index in [0.717, 1.165) is 19.0 Å². The highest BCUT2D eigenvalue weighted by Crippen LogP contribution is 2.29. The first-order valence-electron chi connectivity index (χ1n) is 6.16. The number of hydrogen-bond acceptors (Lipinski definition) is 2. The molecule has 0 saturated heterocycles. The van der Waals surface area contributed by atoms with E-state index in [4.69, 9.17) is 0 Å². The zero-order valence-corrected chi connectivity index (χ0v) is 10.2. The smallest absolute Gasteiger partial charge is 0.224 e. The lowest BCUT2D eigenvalue weighted by atomic mass is 9.80. The third-order valence-corrected chi connectivity index (χ3v) is 3.37. The maximum Gasteiger partial charge on any atom is 0.224 e. The summed E-state index contributed by atoms with van der Waals surface area (Å²) in [5.41, 5.74) is 0. The summed E-state index contributed by atoms with van der Waals surface area (Å²) >= 11 is 0. The van der Waals surface area contributed by atoms with E-state index in [9.17, 15) is 4.79 Å². The monoisotopic (exact) mass is 212 g/mol. The van der Waals surface area contributed by atoms with Gasteiger partial charge in [0.2, 0.25) is 5.91 Å². The molecule has 0 aromatic heterocycles. The first-order chi connectivity index (χ1) is 7.15. The SMILES string of the molecule is CCNCC(C)C(=O)NC(C)C1CCC1. The van der Waals surface area contributed by atoms with Gasteiger partial charge in [0, 0.05) is 18.5 Å². The van der Waals surface area contributed by atoms with Crippen LogP contribution in [-0.2, 0) is 4.79 Å². The Bertz CT molecular complexity index is 202. The summed E-state index contributed by atoms with van der Waals surface area (Å²) in [4.78, 5) is 11.8. The molecule has 1 saturated carbocycles. The van der Waals surface area contributed by atoms with Gasteiger partial charge in [-0.1, -0.05) is 20.3 Å². The molecule has 0 heterocycles. The fourth-order valence-corrected chi connectivity index (χ4v) is 1.88. The van der Waals surface area contributed by atoms with Crippen LogP contribution in [-0.4, -0.2) is 25.0 Å². The summed E-state index contributed by atoms with van der Waals surface area (Å²) in [5, 5.41) is 6.31. The number of rotatable bonds is 6. The van der Waals surface area contributed by atoms with E-state index in [1.54, 1.807) is 0 Å². The summed E-state index contributed by atoms with van der Waals surface area (Å²) in [7, 11) is 0. The standard InChI is InChI=1S/C12H24N2O/c1-4-13-8-9(2)12(15)14-10(3)11-6-5-7-11/h9-11,13H,4-8H2,1-3H3,(H,14,15). The van der Waals surface area contributed by atoms with Gasteiger partial charge in [0.15, 0.2) is 0 Å². The van der Waals surface area contributed by atoms with Crippen LogP contribution in [0.25, 0.3) is 0 Å². The Labute approximate surface area is 93.0 Å². The van der Waals surface area contributed by atoms with Crippen molar-refractivity contribution >= 4 is 5.91 Å². The summed E-state index contributed by atoms with van der Waals surface area (Å²) in [5.74, 6) is 0.989. The largest absolute Gasteiger partial charge is 0.353 e. The predicted octanol–water partition coefficient (Wildman–Crippen LogP) is 1.54. The van der Waals surface area contributed by atoms with E-state index < -0.39 is 0 Å². The summed E-state index contributed by atoms with van der Waals surface area (Å²) in [6.45, 7) is 7.87. The molecule has 2 atom stereocenters. The zero-order chi connectivity index (χ0) is 11.3. The third-order valence-electron chi connectivity index (χ3n) is 3.37. The van der Waals surface area contributed by atoms with Gasteiger partial charge in [-0.05, 0) is 32.2 Å². The van der Waals surface area contributed by atoms with Crippen LogP contribution in [0.5, 0.6) is 0 Å². The number of nitrogens with one attached hydrogen (secondary N) is 2. The minimum Gasteiger partial charge on any atom is -0.353 e. The fourth-order valence-electron chi connectivity index (χ4n) is 1.88. The molecule has 0 radical (unpaired) electrons. The van der Waals surface area contributed by atoms with Gasteiger partial charge in [-0.15, -0.1) is 0 Å². The van der Waals surface area contributed by atoms with Gasteiger partial charge in [-0.25, -0.2) is 0 Å². The Morgan fingerprint density at radius 1 is 1.40 bits per heavy atom. The van der Waals surface area contributed by atoms with E-state index in [2.05, 4.69) is 24.5 Å². The lowest BCUT2D eigenvalue weighted by Gasteiger charge is -2.32. The van der Waals surface area contributed by atoms with Gasteiger partial charge in [-0.2, -0.15) is 0 Å². The average Bonchev–Trinajstić information content (AvgIpc) is 2.10. The van der Waals surface area contributed by atoms with Crippen LogP contribution in [0.1, 0.15) is 40.0 Å². The van der Waals surface area contributed by atoms with Crippen LogP contribution < -0.4 is 10.6 Å². The highest BCUT2D eigenvalue weighted by molar-refractivity contribution is 5.78. The number of amides is 1. The number of carbonyl (C=O) groups is 1. The van der Waals surface area contributed by atoms with Crippen LogP contribution in [0.4, 0.5) is 0 Å². The van der Waals surface area contributed by atoms with Gasteiger partial charge in [-0.3, -0.25) is 4.79 Å². The Morgan fingerprint density at radius 2 is 2.07 bits per heavy atom. The Morgan fingerprint density at radius 3 is 2.53 bits per heavy atom. The first kappa shape index (κ1) is 12.5. The molecule has 15 heavy (non-hydrogen) atoms. The maximum atomic E-state index is 11.8. The quantitative estimate of drug-likeness (QED) is 0.701. The first-order valence-corrected chi connectivity index (χ1v) is 6.16. The second-order valence-corrected chi connectivity index (χ2v) is 4.70. The van der Waals surface area contributed by atoms with E-state index in [-0.39, 0.29) is 11.8 Å². The molecule has 0 bridgehead atoms. The van der Waals surface area contributed by atoms with Crippen molar-refractivity contribution in [2.24, 2.45) is 11.8 Å². The van der Waals surface area contributed by atoms with Gasteiger partial charge >= 0.3 is 0 Å². The van der Waals surface area contributed by atoms with E-state index in [0.29, 0.717) is 6.04 Å². The average molecular weight is 212 g/mol. The lowest BCUT2D eigenvalue weighted by molar-refractivity contribution is -0.125. The van der Waals surface area contributed by atoms with Crippen molar-refractivity contribution in [1.82, 2.24) is 10.6 Å². The van der Waals surface area contributed by atoms with Crippen molar-refractivity contribution < 1.29 is 4.79 Å². The minimum absolute atomic E-state index is 0.0764. The summed E-state index contributed by atoms with van der Waals surface area (Å²) < 4.78 is 0. The van der Waals surface area contributed by atoms with Crippen molar-refractivity contribution in [2.45, 2.75) is 46.1 Å². The van der Waals surface area contributed by atoms with Crippen molar-refractivity contribution in [3.63, 3.8) is 0 Å². The normalized spacial score (nSPS) is 20.5. The van der Waals surface area contributed by atoms with E-state index >= 15 is 0 Å². The van der Waals surface area contributed by atoms with Crippen LogP contribution in [0.2, 0.25) is 0 Å². The molecular formula is C12H24N2O. The molecule has 0 aromatic carbocycles. The van der Waals surface area contributed by atoms with Gasteiger partial charge < -0.3 is 10.6 Å². The molecule has 1 aliphatic carbocycles. The van der Waals surface area contributed by atoms with Crippen molar-refractivity contribution in [3.8, 4) is 0 Å². The highest BCUT2D eigenvalue weighted by atomic mass is 16.1.